The van der Waals surface area contributed by atoms with Crippen molar-refractivity contribution in [3.63, 3.8) is 0 Å². The van der Waals surface area contributed by atoms with Crippen LogP contribution < -0.4 is 5.32 Å². The van der Waals surface area contributed by atoms with Crippen LogP contribution in [0.2, 0.25) is 5.02 Å². The van der Waals surface area contributed by atoms with Crippen LogP contribution in [0.3, 0.4) is 0 Å². The van der Waals surface area contributed by atoms with Gasteiger partial charge in [-0.2, -0.15) is 0 Å². The van der Waals surface area contributed by atoms with Gasteiger partial charge in [0, 0.05) is 18.2 Å². The highest BCUT2D eigenvalue weighted by atomic mass is 35.5. The maximum atomic E-state index is 11.9. The Morgan fingerprint density at radius 2 is 2.00 bits per heavy atom. The van der Waals surface area contributed by atoms with Crippen molar-refractivity contribution in [1.82, 2.24) is 10.2 Å². The van der Waals surface area contributed by atoms with E-state index in [1.807, 2.05) is 0 Å². The van der Waals surface area contributed by atoms with Crippen LogP contribution in [-0.4, -0.2) is 21.0 Å². The highest BCUT2D eigenvalue weighted by Gasteiger charge is 2.12. The summed E-state index contributed by atoms with van der Waals surface area (Å²) in [6.45, 7) is 0. The molecule has 3 aromatic rings. The lowest BCUT2D eigenvalue weighted by Gasteiger charge is -1.97. The number of halogens is 1. The van der Waals surface area contributed by atoms with Crippen LogP contribution in [0.5, 0.6) is 0 Å². The lowest BCUT2D eigenvalue weighted by molar-refractivity contribution is -0.384. The summed E-state index contributed by atoms with van der Waals surface area (Å²) < 4.78 is 5.36. The summed E-state index contributed by atoms with van der Waals surface area (Å²) in [5.74, 6) is -0.348. The maximum absolute atomic E-state index is 11.9. The van der Waals surface area contributed by atoms with Gasteiger partial charge < -0.3 is 4.42 Å². The van der Waals surface area contributed by atoms with Gasteiger partial charge in [0.05, 0.1) is 15.5 Å². The van der Waals surface area contributed by atoms with Gasteiger partial charge in [0.2, 0.25) is 0 Å². The van der Waals surface area contributed by atoms with Gasteiger partial charge in [0.1, 0.15) is 0 Å². The second kappa shape index (κ2) is 7.58. The monoisotopic (exact) mass is 370 g/mol. The van der Waals surface area contributed by atoms with Crippen LogP contribution in [0.4, 0.5) is 11.7 Å². The fraction of sp³-hybridized carbons (Fsp3) is 0. The molecule has 0 saturated carbocycles. The molecule has 0 atom stereocenters. The quantitative estimate of drug-likeness (QED) is 0.413. The normalized spacial score (nSPS) is 10.8. The number of nitro benzene ring substituents is 1. The van der Waals surface area contributed by atoms with E-state index < -0.39 is 10.8 Å². The average molecular weight is 371 g/mol. The minimum Gasteiger partial charge on any atom is -0.403 e. The van der Waals surface area contributed by atoms with Gasteiger partial charge in [0.25, 0.3) is 17.5 Å². The van der Waals surface area contributed by atoms with Gasteiger partial charge in [-0.05, 0) is 23.8 Å². The van der Waals surface area contributed by atoms with Gasteiger partial charge in [0.15, 0.2) is 0 Å². The highest BCUT2D eigenvalue weighted by molar-refractivity contribution is 6.33. The molecule has 1 aromatic heterocycles. The first-order chi connectivity index (χ1) is 12.5. The Morgan fingerprint density at radius 3 is 2.77 bits per heavy atom. The molecular formula is C17H11ClN4O4. The van der Waals surface area contributed by atoms with Crippen molar-refractivity contribution >= 4 is 35.3 Å². The molecule has 1 heterocycles. The molecule has 3 rings (SSSR count). The molecule has 0 fully saturated rings. The minimum atomic E-state index is -0.522. The van der Waals surface area contributed by atoms with E-state index in [-0.39, 0.29) is 17.6 Å². The van der Waals surface area contributed by atoms with Gasteiger partial charge in [-0.15, -0.1) is 5.10 Å². The second-order valence-electron chi connectivity index (χ2n) is 5.07. The molecule has 130 valence electrons. The Bertz CT molecular complexity index is 1000. The number of carbonyl (C=O) groups is 1. The zero-order chi connectivity index (χ0) is 18.5. The summed E-state index contributed by atoms with van der Waals surface area (Å²) >= 11 is 6.05. The van der Waals surface area contributed by atoms with Gasteiger partial charge in [-0.25, -0.2) is 0 Å². The molecule has 0 aliphatic heterocycles. The average Bonchev–Trinajstić information content (AvgIpc) is 3.08. The molecule has 9 heteroatoms. The minimum absolute atomic E-state index is 0.0613. The number of amides is 1. The van der Waals surface area contributed by atoms with E-state index in [1.165, 1.54) is 30.4 Å². The Hall–Kier alpha value is -3.52. The van der Waals surface area contributed by atoms with Crippen molar-refractivity contribution in [2.45, 2.75) is 0 Å². The van der Waals surface area contributed by atoms with Crippen LogP contribution in [0.25, 0.3) is 17.5 Å². The Balaban J connectivity index is 1.68. The third-order valence-electron chi connectivity index (χ3n) is 3.27. The summed E-state index contributed by atoms with van der Waals surface area (Å²) in [5.41, 5.74) is 1.000. The van der Waals surface area contributed by atoms with E-state index in [2.05, 4.69) is 15.5 Å². The standard InChI is InChI=1S/C17H11ClN4O4/c18-14-7-2-1-6-13(14)16-20-21-17(26-16)19-15(23)9-8-11-4-3-5-12(10-11)22(24)25/h1-10H,(H,19,21,23). The summed E-state index contributed by atoms with van der Waals surface area (Å²) in [4.78, 5) is 22.2. The Labute approximate surface area is 152 Å². The van der Waals surface area contributed by atoms with Crippen molar-refractivity contribution in [2.24, 2.45) is 0 Å². The molecule has 8 nitrogen and oxygen atoms in total. The topological polar surface area (TPSA) is 111 Å². The number of hydrogen-bond acceptors (Lipinski definition) is 6. The predicted octanol–water partition coefficient (Wildman–Crippen LogP) is 3.95. The molecule has 2 aromatic carbocycles. The molecule has 1 amide bonds. The zero-order valence-electron chi connectivity index (χ0n) is 13.1. The van der Waals surface area contributed by atoms with E-state index in [9.17, 15) is 14.9 Å². The van der Waals surface area contributed by atoms with Crippen molar-refractivity contribution in [1.29, 1.82) is 0 Å². The molecule has 0 aliphatic carbocycles. The number of rotatable bonds is 5. The van der Waals surface area contributed by atoms with Crippen LogP contribution in [0.15, 0.2) is 59.0 Å². The first-order valence-electron chi connectivity index (χ1n) is 7.35. The number of hydrogen-bond donors (Lipinski definition) is 1. The summed E-state index contributed by atoms with van der Waals surface area (Å²) in [7, 11) is 0. The van der Waals surface area contributed by atoms with Crippen LogP contribution in [0, 0.1) is 10.1 Å². The number of benzene rings is 2. The predicted molar refractivity (Wildman–Crippen MR) is 95.5 cm³/mol. The van der Waals surface area contributed by atoms with Crippen molar-refractivity contribution in [3.05, 3.63) is 75.3 Å². The molecule has 0 bridgehead atoms. The lowest BCUT2D eigenvalue weighted by Crippen LogP contribution is -2.07. The maximum Gasteiger partial charge on any atom is 0.322 e. The van der Waals surface area contributed by atoms with Crippen LogP contribution in [-0.2, 0) is 4.79 Å². The lowest BCUT2D eigenvalue weighted by atomic mass is 10.2. The number of non-ortho nitro benzene ring substituents is 1. The van der Waals surface area contributed by atoms with Crippen LogP contribution >= 0.6 is 11.6 Å². The van der Waals surface area contributed by atoms with E-state index in [0.717, 1.165) is 0 Å². The van der Waals surface area contributed by atoms with Crippen molar-refractivity contribution < 1.29 is 14.1 Å². The van der Waals surface area contributed by atoms with Gasteiger partial charge in [-0.3, -0.25) is 20.2 Å². The number of nitrogens with zero attached hydrogens (tertiary/aromatic N) is 3. The SMILES string of the molecule is O=C(C=Cc1cccc([N+](=O)[O-])c1)Nc1nnc(-c2ccccc2Cl)o1. The second-order valence-corrected chi connectivity index (χ2v) is 5.47. The van der Waals surface area contributed by atoms with E-state index in [0.29, 0.717) is 16.1 Å². The largest absolute Gasteiger partial charge is 0.403 e. The summed E-state index contributed by atoms with van der Waals surface area (Å²) in [6.07, 6.45) is 2.64. The molecule has 0 spiro atoms. The first-order valence-corrected chi connectivity index (χ1v) is 7.72. The molecular weight excluding hydrogens is 360 g/mol. The first kappa shape index (κ1) is 17.3. The van der Waals surface area contributed by atoms with Crippen molar-refractivity contribution in [3.8, 4) is 11.5 Å². The molecule has 1 N–H and O–H groups in total. The fourth-order valence-electron chi connectivity index (χ4n) is 2.08. The molecule has 0 saturated heterocycles. The number of anilines is 1. The molecule has 26 heavy (non-hydrogen) atoms. The molecule has 0 radical (unpaired) electrons. The number of nitro groups is 1. The summed E-state index contributed by atoms with van der Waals surface area (Å²) in [5, 5.41) is 21.2. The molecule has 0 unspecified atom stereocenters. The molecule has 0 aliphatic rings. The van der Waals surface area contributed by atoms with Gasteiger partial charge >= 0.3 is 6.01 Å². The number of aromatic nitrogens is 2. The fourth-order valence-corrected chi connectivity index (χ4v) is 2.29. The number of nitrogens with one attached hydrogen (secondary N) is 1. The zero-order valence-corrected chi connectivity index (χ0v) is 13.9. The number of carbonyl (C=O) groups excluding carboxylic acids is 1. The Kier molecular flexibility index (Phi) is 5.04. The van der Waals surface area contributed by atoms with E-state index >= 15 is 0 Å². The third kappa shape index (κ3) is 4.11. The smallest absolute Gasteiger partial charge is 0.322 e. The van der Waals surface area contributed by atoms with Crippen molar-refractivity contribution in [2.75, 3.05) is 5.32 Å². The van der Waals surface area contributed by atoms with Gasteiger partial charge in [-0.1, -0.05) is 41.0 Å². The van der Waals surface area contributed by atoms with Crippen LogP contribution in [0.1, 0.15) is 5.56 Å². The highest BCUT2D eigenvalue weighted by Crippen LogP contribution is 2.27. The van der Waals surface area contributed by atoms with E-state index in [1.54, 1.807) is 30.3 Å². The van der Waals surface area contributed by atoms with E-state index in [4.69, 9.17) is 16.0 Å². The third-order valence-corrected chi connectivity index (χ3v) is 3.60. The Morgan fingerprint density at radius 1 is 1.19 bits per heavy atom. The summed E-state index contributed by atoms with van der Waals surface area (Å²) in [6, 6.07) is 12.7.